The Kier molecular flexibility index (Phi) is 8.22. The summed E-state index contributed by atoms with van der Waals surface area (Å²) in [5, 5.41) is 15.0. The highest BCUT2D eigenvalue weighted by atomic mass is 19.1. The second kappa shape index (κ2) is 12.4. The lowest BCUT2D eigenvalue weighted by atomic mass is 9.67. The molecule has 43 heavy (non-hydrogen) atoms. The second-order valence-corrected chi connectivity index (χ2v) is 11.9. The average Bonchev–Trinajstić information content (AvgIpc) is 3.36. The van der Waals surface area contributed by atoms with Gasteiger partial charge in [0.2, 0.25) is 0 Å². The van der Waals surface area contributed by atoms with Gasteiger partial charge in [-0.25, -0.2) is 14.2 Å². The number of amides is 2. The first kappa shape index (κ1) is 28.6. The number of urea groups is 1. The molecule has 2 amide bonds. The first-order valence-electron chi connectivity index (χ1n) is 15.0. The topological polar surface area (TPSA) is 97.2 Å². The molecule has 9 heteroatoms. The van der Waals surface area contributed by atoms with E-state index in [1.54, 1.807) is 24.5 Å². The van der Waals surface area contributed by atoms with Crippen LogP contribution in [0.1, 0.15) is 44.2 Å². The summed E-state index contributed by atoms with van der Waals surface area (Å²) in [5.41, 5.74) is 4.86. The van der Waals surface area contributed by atoms with Crippen molar-refractivity contribution in [1.82, 2.24) is 20.2 Å². The van der Waals surface area contributed by atoms with Crippen molar-refractivity contribution in [1.29, 1.82) is 5.41 Å². The number of benzene rings is 1. The fourth-order valence-electron chi connectivity index (χ4n) is 6.83. The van der Waals surface area contributed by atoms with E-state index < -0.39 is 0 Å². The largest absolute Gasteiger partial charge is 0.355 e. The number of carbonyl (C=O) groups is 1. The molecule has 8 nitrogen and oxygen atoms in total. The molecule has 2 fully saturated rings. The van der Waals surface area contributed by atoms with Gasteiger partial charge in [0, 0.05) is 62.4 Å². The Balaban J connectivity index is 1.16. The van der Waals surface area contributed by atoms with Crippen LogP contribution in [0.3, 0.4) is 0 Å². The summed E-state index contributed by atoms with van der Waals surface area (Å²) in [4.78, 5) is 26.5. The first-order chi connectivity index (χ1) is 20.9. The monoisotopic (exact) mass is 579 g/mol. The van der Waals surface area contributed by atoms with Crippen molar-refractivity contribution in [3.63, 3.8) is 0 Å². The van der Waals surface area contributed by atoms with Gasteiger partial charge in [0.15, 0.2) is 0 Å². The van der Waals surface area contributed by atoms with Crippen LogP contribution in [0.5, 0.6) is 0 Å². The van der Waals surface area contributed by atoms with Crippen molar-refractivity contribution < 1.29 is 9.18 Å². The van der Waals surface area contributed by atoms with Gasteiger partial charge in [0.1, 0.15) is 11.6 Å². The van der Waals surface area contributed by atoms with E-state index in [1.807, 2.05) is 41.4 Å². The van der Waals surface area contributed by atoms with Gasteiger partial charge in [-0.15, -0.1) is 0 Å². The SMILES string of the molecule is C[C@]12CC(C=N)=C(Nc3ccc(F)cc3)C=C1CC[C@@H]2CC(NC(=O)N1CCN(c2ccccn2)CC1)c1cccnc1. The van der Waals surface area contributed by atoms with Crippen molar-refractivity contribution in [2.75, 3.05) is 36.4 Å². The molecule has 1 saturated carbocycles. The molecule has 2 aliphatic carbocycles. The number of hydrogen-bond donors (Lipinski definition) is 3. The van der Waals surface area contributed by atoms with Crippen LogP contribution >= 0.6 is 0 Å². The van der Waals surface area contributed by atoms with E-state index in [4.69, 9.17) is 5.41 Å². The minimum Gasteiger partial charge on any atom is -0.355 e. The summed E-state index contributed by atoms with van der Waals surface area (Å²) in [7, 11) is 0. The highest BCUT2D eigenvalue weighted by Gasteiger charge is 2.46. The first-order valence-corrected chi connectivity index (χ1v) is 15.0. The summed E-state index contributed by atoms with van der Waals surface area (Å²) in [6.07, 6.45) is 12.5. The maximum Gasteiger partial charge on any atom is 0.318 e. The summed E-state index contributed by atoms with van der Waals surface area (Å²) < 4.78 is 13.4. The highest BCUT2D eigenvalue weighted by molar-refractivity contribution is 5.81. The van der Waals surface area contributed by atoms with Crippen molar-refractivity contribution in [2.24, 2.45) is 11.3 Å². The van der Waals surface area contributed by atoms with Gasteiger partial charge in [0.05, 0.1) is 6.04 Å². The lowest BCUT2D eigenvalue weighted by Crippen LogP contribution is -2.52. The van der Waals surface area contributed by atoms with Crippen molar-refractivity contribution in [2.45, 2.75) is 38.6 Å². The molecule has 1 saturated heterocycles. The van der Waals surface area contributed by atoms with Crippen molar-refractivity contribution >= 4 is 23.8 Å². The lowest BCUT2D eigenvalue weighted by molar-refractivity contribution is 0.181. The zero-order chi connectivity index (χ0) is 29.8. The van der Waals surface area contributed by atoms with Gasteiger partial charge >= 0.3 is 6.03 Å². The van der Waals surface area contributed by atoms with Crippen LogP contribution in [0.2, 0.25) is 0 Å². The van der Waals surface area contributed by atoms with Crippen molar-refractivity contribution in [3.8, 4) is 0 Å². The zero-order valence-corrected chi connectivity index (χ0v) is 24.5. The molecule has 1 aromatic carbocycles. The van der Waals surface area contributed by atoms with Crippen LogP contribution in [-0.2, 0) is 0 Å². The molecule has 3 aliphatic rings. The maximum atomic E-state index is 13.6. The molecule has 222 valence electrons. The number of nitrogens with zero attached hydrogens (tertiary/aromatic N) is 4. The van der Waals surface area contributed by atoms with Crippen LogP contribution in [0.4, 0.5) is 20.7 Å². The minimum atomic E-state index is -0.276. The Labute approximate surface area is 252 Å². The highest BCUT2D eigenvalue weighted by Crippen LogP contribution is 2.56. The number of piperazine rings is 1. The van der Waals surface area contributed by atoms with E-state index in [-0.39, 0.29) is 23.3 Å². The van der Waals surface area contributed by atoms with Gasteiger partial charge in [-0.1, -0.05) is 24.6 Å². The minimum absolute atomic E-state index is 0.0528. The van der Waals surface area contributed by atoms with E-state index in [1.165, 1.54) is 23.9 Å². The molecule has 6 rings (SSSR count). The molecule has 1 unspecified atom stereocenters. The Morgan fingerprint density at radius 3 is 2.63 bits per heavy atom. The summed E-state index contributed by atoms with van der Waals surface area (Å²) >= 11 is 0. The molecule has 0 bridgehead atoms. The van der Waals surface area contributed by atoms with E-state index in [0.29, 0.717) is 19.0 Å². The Morgan fingerprint density at radius 1 is 1.12 bits per heavy atom. The zero-order valence-electron chi connectivity index (χ0n) is 24.5. The Morgan fingerprint density at radius 2 is 1.93 bits per heavy atom. The molecule has 3 heterocycles. The number of halogens is 1. The Hall–Kier alpha value is -4.53. The molecular weight excluding hydrogens is 541 g/mol. The van der Waals surface area contributed by atoms with Gasteiger partial charge < -0.3 is 25.8 Å². The normalized spacial score (nSPS) is 22.5. The number of rotatable bonds is 8. The van der Waals surface area contributed by atoms with Gasteiger partial charge in [-0.3, -0.25) is 4.98 Å². The van der Waals surface area contributed by atoms with E-state index >= 15 is 0 Å². The molecule has 1 aliphatic heterocycles. The molecule has 3 atom stereocenters. The number of aromatic nitrogens is 2. The van der Waals surface area contributed by atoms with Gasteiger partial charge in [0.25, 0.3) is 0 Å². The maximum absolute atomic E-state index is 13.6. The van der Waals surface area contributed by atoms with Crippen LogP contribution in [0, 0.1) is 22.6 Å². The third kappa shape index (κ3) is 6.16. The third-order valence-corrected chi connectivity index (χ3v) is 9.36. The fraction of sp³-hybridized carbons (Fsp3) is 0.353. The number of hydrogen-bond acceptors (Lipinski definition) is 6. The van der Waals surface area contributed by atoms with E-state index in [0.717, 1.165) is 67.1 Å². The van der Waals surface area contributed by atoms with Crippen LogP contribution in [0.15, 0.2) is 96.1 Å². The lowest BCUT2D eigenvalue weighted by Gasteiger charge is -2.39. The van der Waals surface area contributed by atoms with Crippen LogP contribution in [0.25, 0.3) is 0 Å². The molecule has 2 aromatic heterocycles. The van der Waals surface area contributed by atoms with Gasteiger partial charge in [-0.05, 0) is 96.7 Å². The predicted molar refractivity (Wildman–Crippen MR) is 168 cm³/mol. The number of carbonyl (C=O) groups excluding carboxylic acids is 1. The standard InChI is InChI=1S/C34H38FN7O/c1-34-21-25(22-36)31(39-29-11-9-28(35)10-12-29)20-27(34)8-7-26(34)19-30(24-5-4-13-37-23-24)40-33(43)42-17-15-41(16-18-42)32-6-2-3-14-38-32/h2-6,9-14,20,22-23,26,30,36,39H,7-8,15-19,21H2,1H3,(H,40,43)/t26-,30?,34-/m1/s1. The second-order valence-electron chi connectivity index (χ2n) is 11.9. The smallest absolute Gasteiger partial charge is 0.318 e. The molecule has 3 N–H and O–H groups in total. The van der Waals surface area contributed by atoms with E-state index in [9.17, 15) is 9.18 Å². The molecule has 0 spiro atoms. The fourth-order valence-corrected chi connectivity index (χ4v) is 6.83. The van der Waals surface area contributed by atoms with Crippen LogP contribution < -0.4 is 15.5 Å². The predicted octanol–water partition coefficient (Wildman–Crippen LogP) is 6.34. The summed E-state index contributed by atoms with van der Waals surface area (Å²) in [6, 6.07) is 15.9. The Bertz CT molecular complexity index is 1500. The average molecular weight is 580 g/mol. The van der Waals surface area contributed by atoms with Gasteiger partial charge in [-0.2, -0.15) is 0 Å². The number of nitrogens with one attached hydrogen (secondary N) is 3. The molecular formula is C34H38FN7O. The third-order valence-electron chi connectivity index (χ3n) is 9.36. The quantitative estimate of drug-likeness (QED) is 0.271. The van der Waals surface area contributed by atoms with Crippen molar-refractivity contribution in [3.05, 3.63) is 107 Å². The number of pyridine rings is 2. The summed E-state index contributed by atoms with van der Waals surface area (Å²) in [5.74, 6) is 0.977. The molecule has 0 radical (unpaired) electrons. The molecule has 3 aromatic rings. The number of fused-ring (bicyclic) bond motifs is 1. The summed E-state index contributed by atoms with van der Waals surface area (Å²) in [6.45, 7) is 5.04. The number of anilines is 2. The van der Waals surface area contributed by atoms with E-state index in [2.05, 4.69) is 38.5 Å². The van der Waals surface area contributed by atoms with Crippen LogP contribution in [-0.4, -0.2) is 53.3 Å². The number of allylic oxidation sites excluding steroid dienone is 3.